The quantitative estimate of drug-likeness (QED) is 0.343. The summed E-state index contributed by atoms with van der Waals surface area (Å²) in [5, 5.41) is 7.69. The molecule has 0 unspecified atom stereocenters. The molecule has 1 amide bonds. The second-order valence-electron chi connectivity index (χ2n) is 9.21. The third kappa shape index (κ3) is 4.98. The number of rotatable bonds is 5. The monoisotopic (exact) mass is 544 g/mol. The number of halogens is 4. The first-order chi connectivity index (χ1) is 18.2. The highest BCUT2D eigenvalue weighted by Gasteiger charge is 2.37. The topological polar surface area (TPSA) is 107 Å². The average Bonchev–Trinajstić information content (AvgIpc) is 3.31. The van der Waals surface area contributed by atoms with Crippen LogP contribution in [0.25, 0.3) is 16.8 Å². The predicted octanol–water partition coefficient (Wildman–Crippen LogP) is 5.51. The summed E-state index contributed by atoms with van der Waals surface area (Å²) in [6.45, 7) is 0. The van der Waals surface area contributed by atoms with Gasteiger partial charge in [-0.15, -0.1) is 0 Å². The number of hydrogen-bond donors (Lipinski definition) is 2. The summed E-state index contributed by atoms with van der Waals surface area (Å²) in [7, 11) is 1.37. The van der Waals surface area contributed by atoms with Crippen LogP contribution in [0, 0.1) is 0 Å². The van der Waals surface area contributed by atoms with E-state index in [1.165, 1.54) is 19.4 Å². The largest absolute Gasteiger partial charge is 0.480 e. The van der Waals surface area contributed by atoms with Crippen molar-refractivity contribution >= 4 is 28.8 Å². The van der Waals surface area contributed by atoms with Crippen molar-refractivity contribution in [2.75, 3.05) is 12.8 Å². The van der Waals surface area contributed by atoms with Gasteiger partial charge < -0.3 is 15.8 Å². The maximum Gasteiger partial charge on any atom is 0.418 e. The number of hydrogen-bond acceptors (Lipinski definition) is 6. The molecule has 0 aliphatic heterocycles. The number of ether oxygens (including phenoxy) is 1. The van der Waals surface area contributed by atoms with Gasteiger partial charge in [-0.2, -0.15) is 18.3 Å². The van der Waals surface area contributed by atoms with Gasteiger partial charge in [0.15, 0.2) is 5.82 Å². The molecule has 3 aromatic heterocycles. The van der Waals surface area contributed by atoms with E-state index in [2.05, 4.69) is 20.4 Å². The minimum absolute atomic E-state index is 0.0577. The van der Waals surface area contributed by atoms with Gasteiger partial charge >= 0.3 is 6.18 Å². The highest BCUT2D eigenvalue weighted by molar-refractivity contribution is 6.30. The standard InChI is InChI=1S/C26H24ClF3N6O2/c1-38-25-19(24(37)35-18-4-2-3-15(9-18)14-5-7-17(27)8-6-14)10-16(12-32-25)21-11-20(26(28,29)30)22-23(31)33-13-34-36(21)22/h5-8,10-13,15,18H,2-4,9H2,1H3,(H,35,37)(H2,31,33,34)/t15-,18+/m1/s1. The summed E-state index contributed by atoms with van der Waals surface area (Å²) in [5.41, 5.74) is 5.97. The molecule has 198 valence electrons. The SMILES string of the molecule is COc1ncc(-c2cc(C(F)(F)F)c3c(N)ncnn23)cc1C(=O)N[C@H]1CCC[C@@H](c2ccc(Cl)cc2)C1. The fourth-order valence-electron chi connectivity index (χ4n) is 5.03. The molecule has 12 heteroatoms. The number of amides is 1. The predicted molar refractivity (Wildman–Crippen MR) is 136 cm³/mol. The van der Waals surface area contributed by atoms with Gasteiger partial charge in [0.25, 0.3) is 5.91 Å². The second kappa shape index (κ2) is 10.1. The average molecular weight is 545 g/mol. The van der Waals surface area contributed by atoms with E-state index in [9.17, 15) is 18.0 Å². The lowest BCUT2D eigenvalue weighted by Gasteiger charge is -2.30. The fourth-order valence-corrected chi connectivity index (χ4v) is 5.16. The third-order valence-corrected chi connectivity index (χ3v) is 7.08. The smallest absolute Gasteiger partial charge is 0.418 e. The van der Waals surface area contributed by atoms with Gasteiger partial charge in [-0.05, 0) is 55.0 Å². The molecule has 38 heavy (non-hydrogen) atoms. The lowest BCUT2D eigenvalue weighted by atomic mass is 9.81. The van der Waals surface area contributed by atoms with E-state index in [1.807, 2.05) is 24.3 Å². The van der Waals surface area contributed by atoms with E-state index in [-0.39, 0.29) is 46.0 Å². The number of methoxy groups -OCH3 is 1. The van der Waals surface area contributed by atoms with Crippen LogP contribution in [0.5, 0.6) is 5.88 Å². The van der Waals surface area contributed by atoms with Crippen molar-refractivity contribution in [1.82, 2.24) is 24.9 Å². The Balaban J connectivity index is 1.45. The van der Waals surface area contributed by atoms with Crippen LogP contribution in [-0.4, -0.2) is 38.6 Å². The molecule has 8 nitrogen and oxygen atoms in total. The first-order valence-corrected chi connectivity index (χ1v) is 12.3. The number of carbonyl (C=O) groups is 1. The minimum atomic E-state index is -4.69. The fraction of sp³-hybridized carbons (Fsp3) is 0.308. The molecule has 3 N–H and O–H groups in total. The van der Waals surface area contributed by atoms with Gasteiger partial charge in [-0.25, -0.2) is 14.5 Å². The zero-order valence-corrected chi connectivity index (χ0v) is 21.1. The minimum Gasteiger partial charge on any atom is -0.480 e. The number of aromatic nitrogens is 4. The number of nitrogens with one attached hydrogen (secondary N) is 1. The van der Waals surface area contributed by atoms with Crippen molar-refractivity contribution in [3.63, 3.8) is 0 Å². The van der Waals surface area contributed by atoms with E-state index in [0.717, 1.165) is 48.2 Å². The number of anilines is 1. The molecule has 4 aromatic rings. The van der Waals surface area contributed by atoms with Crippen molar-refractivity contribution in [3.8, 4) is 17.1 Å². The molecule has 1 aliphatic carbocycles. The van der Waals surface area contributed by atoms with E-state index >= 15 is 0 Å². The summed E-state index contributed by atoms with van der Waals surface area (Å²) in [6, 6.07) is 9.99. The summed E-state index contributed by atoms with van der Waals surface area (Å²) in [5.74, 6) is -0.410. The van der Waals surface area contributed by atoms with Gasteiger partial charge in [0.1, 0.15) is 17.4 Å². The van der Waals surface area contributed by atoms with E-state index < -0.39 is 17.6 Å². The molecule has 1 fully saturated rings. The first kappa shape index (κ1) is 25.8. The molecule has 1 aromatic carbocycles. The van der Waals surface area contributed by atoms with Gasteiger partial charge in [-0.1, -0.05) is 30.2 Å². The van der Waals surface area contributed by atoms with Crippen molar-refractivity contribution in [3.05, 3.63) is 70.6 Å². The number of carbonyl (C=O) groups excluding carboxylic acids is 1. The molecule has 0 bridgehead atoms. The number of nitrogens with zero attached hydrogens (tertiary/aromatic N) is 4. The van der Waals surface area contributed by atoms with Crippen LogP contribution in [0.4, 0.5) is 19.0 Å². The molecular weight excluding hydrogens is 521 g/mol. The number of alkyl halides is 3. The Labute approximate surface area is 221 Å². The Kier molecular flexibility index (Phi) is 6.87. The second-order valence-corrected chi connectivity index (χ2v) is 9.65. The van der Waals surface area contributed by atoms with Gasteiger partial charge in [0.2, 0.25) is 5.88 Å². The number of pyridine rings is 1. The Morgan fingerprint density at radius 1 is 1.18 bits per heavy atom. The summed E-state index contributed by atoms with van der Waals surface area (Å²) >= 11 is 6.02. The van der Waals surface area contributed by atoms with Gasteiger partial charge in [0, 0.05) is 22.8 Å². The molecule has 0 spiro atoms. The zero-order chi connectivity index (χ0) is 27.0. The Morgan fingerprint density at radius 2 is 1.95 bits per heavy atom. The molecular formula is C26H24ClF3N6O2. The summed E-state index contributed by atoms with van der Waals surface area (Å²) < 4.78 is 47.6. The third-order valence-electron chi connectivity index (χ3n) is 6.82. The summed E-state index contributed by atoms with van der Waals surface area (Å²) in [6.07, 6.45) is 1.19. The number of nitrogen functional groups attached to an aromatic ring is 1. The molecule has 1 aliphatic rings. The van der Waals surface area contributed by atoms with Crippen LogP contribution < -0.4 is 15.8 Å². The van der Waals surface area contributed by atoms with Crippen molar-refractivity contribution < 1.29 is 22.7 Å². The van der Waals surface area contributed by atoms with E-state index in [4.69, 9.17) is 22.1 Å². The van der Waals surface area contributed by atoms with Crippen LogP contribution >= 0.6 is 11.6 Å². The van der Waals surface area contributed by atoms with Crippen LogP contribution in [0.2, 0.25) is 5.02 Å². The zero-order valence-electron chi connectivity index (χ0n) is 20.3. The lowest BCUT2D eigenvalue weighted by Crippen LogP contribution is -2.38. The molecule has 0 radical (unpaired) electrons. The maximum atomic E-state index is 13.8. The molecule has 1 saturated carbocycles. The van der Waals surface area contributed by atoms with Gasteiger partial charge in [-0.3, -0.25) is 4.79 Å². The maximum absolute atomic E-state index is 13.8. The number of nitrogens with two attached hydrogens (primary N) is 1. The first-order valence-electron chi connectivity index (χ1n) is 12.0. The number of benzene rings is 1. The molecule has 2 atom stereocenters. The van der Waals surface area contributed by atoms with E-state index in [0.29, 0.717) is 5.02 Å². The summed E-state index contributed by atoms with van der Waals surface area (Å²) in [4.78, 5) is 21.3. The highest BCUT2D eigenvalue weighted by Crippen LogP contribution is 2.39. The highest BCUT2D eigenvalue weighted by atomic mass is 35.5. The van der Waals surface area contributed by atoms with Crippen molar-refractivity contribution in [1.29, 1.82) is 0 Å². The van der Waals surface area contributed by atoms with Gasteiger partial charge in [0.05, 0.1) is 18.4 Å². The van der Waals surface area contributed by atoms with Crippen LogP contribution in [0.1, 0.15) is 53.1 Å². The number of fused-ring (bicyclic) bond motifs is 1. The normalized spacial score (nSPS) is 17.9. The Morgan fingerprint density at radius 3 is 2.66 bits per heavy atom. The van der Waals surface area contributed by atoms with E-state index in [1.54, 1.807) is 0 Å². The van der Waals surface area contributed by atoms with Crippen LogP contribution in [-0.2, 0) is 6.18 Å². The lowest BCUT2D eigenvalue weighted by molar-refractivity contribution is -0.136. The molecule has 5 rings (SSSR count). The van der Waals surface area contributed by atoms with Crippen molar-refractivity contribution in [2.24, 2.45) is 0 Å². The Hall–Kier alpha value is -3.86. The molecule has 0 saturated heterocycles. The van der Waals surface area contributed by atoms with Crippen LogP contribution in [0.3, 0.4) is 0 Å². The van der Waals surface area contributed by atoms with Crippen molar-refractivity contribution in [2.45, 2.75) is 43.8 Å². The molecule has 3 heterocycles. The Bertz CT molecular complexity index is 1490. The van der Waals surface area contributed by atoms with Crippen LogP contribution in [0.15, 0.2) is 48.9 Å².